The first-order valence-electron chi connectivity index (χ1n) is 12.6. The van der Waals surface area contributed by atoms with Gasteiger partial charge in [0.05, 0.1) is 30.3 Å². The summed E-state index contributed by atoms with van der Waals surface area (Å²) in [5.74, 6) is -0.731. The standard InChI is InChI=1S/C28H29FN6O4/c1-15(36)24-25(17-8-10-34(11-9-17)28(38)16(2)37)33-27-20(14-32-35(27)26(24)30)19-4-6-22(31-13-19)18-5-7-23(39-3)21(29)12-18/h4-7,12-14,16-17,37H,8-11,30H2,1-3H3/t16-/m1/s1. The van der Waals surface area contributed by atoms with Crippen molar-refractivity contribution < 1.29 is 23.8 Å². The number of ether oxygens (including phenoxy) is 1. The lowest BCUT2D eigenvalue weighted by Gasteiger charge is -2.33. The zero-order chi connectivity index (χ0) is 27.8. The largest absolute Gasteiger partial charge is 0.494 e. The van der Waals surface area contributed by atoms with Crippen LogP contribution in [0.25, 0.3) is 28.0 Å². The van der Waals surface area contributed by atoms with Gasteiger partial charge in [-0.3, -0.25) is 14.6 Å². The van der Waals surface area contributed by atoms with Gasteiger partial charge in [-0.15, -0.1) is 0 Å². The number of hydrogen-bond donors (Lipinski definition) is 2. The zero-order valence-electron chi connectivity index (χ0n) is 21.9. The second kappa shape index (κ2) is 10.4. The highest BCUT2D eigenvalue weighted by Crippen LogP contribution is 2.35. The van der Waals surface area contributed by atoms with Crippen LogP contribution in [0.4, 0.5) is 10.2 Å². The fourth-order valence-corrected chi connectivity index (χ4v) is 5.08. The molecule has 1 saturated heterocycles. The van der Waals surface area contributed by atoms with Crippen LogP contribution in [0, 0.1) is 5.82 Å². The number of likely N-dealkylation sites (tertiary alicyclic amines) is 1. The fourth-order valence-electron chi connectivity index (χ4n) is 5.08. The maximum atomic E-state index is 14.2. The summed E-state index contributed by atoms with van der Waals surface area (Å²) < 4.78 is 20.6. The van der Waals surface area contributed by atoms with Gasteiger partial charge in [0.1, 0.15) is 11.9 Å². The second-order valence-corrected chi connectivity index (χ2v) is 9.66. The molecule has 10 nitrogen and oxygen atoms in total. The number of benzene rings is 1. The number of aliphatic hydroxyl groups excluding tert-OH is 1. The van der Waals surface area contributed by atoms with E-state index >= 15 is 0 Å². The lowest BCUT2D eigenvalue weighted by Crippen LogP contribution is -2.42. The number of carbonyl (C=O) groups is 2. The zero-order valence-corrected chi connectivity index (χ0v) is 21.9. The van der Waals surface area contributed by atoms with E-state index in [1.807, 2.05) is 6.07 Å². The fraction of sp³-hybridized carbons (Fsp3) is 0.321. The molecule has 3 aromatic heterocycles. The molecule has 4 aromatic rings. The van der Waals surface area contributed by atoms with Gasteiger partial charge in [0.15, 0.2) is 23.0 Å². The topological polar surface area (TPSA) is 136 Å². The van der Waals surface area contributed by atoms with Gasteiger partial charge >= 0.3 is 0 Å². The summed E-state index contributed by atoms with van der Waals surface area (Å²) in [5.41, 5.74) is 10.4. The second-order valence-electron chi connectivity index (χ2n) is 9.66. The van der Waals surface area contributed by atoms with E-state index in [-0.39, 0.29) is 29.2 Å². The number of amides is 1. The van der Waals surface area contributed by atoms with Crippen LogP contribution in [-0.2, 0) is 4.79 Å². The van der Waals surface area contributed by atoms with Crippen LogP contribution in [0.2, 0.25) is 0 Å². The number of rotatable bonds is 6. The van der Waals surface area contributed by atoms with E-state index in [9.17, 15) is 19.1 Å². The normalized spacial score (nSPS) is 14.9. The van der Waals surface area contributed by atoms with Gasteiger partial charge in [0.25, 0.3) is 5.91 Å². The first kappa shape index (κ1) is 26.2. The highest BCUT2D eigenvalue weighted by atomic mass is 19.1. The summed E-state index contributed by atoms with van der Waals surface area (Å²) in [4.78, 5) is 35.9. The number of anilines is 1. The predicted molar refractivity (Wildman–Crippen MR) is 143 cm³/mol. The molecule has 1 amide bonds. The van der Waals surface area contributed by atoms with Gasteiger partial charge in [0, 0.05) is 41.9 Å². The van der Waals surface area contributed by atoms with E-state index in [1.54, 1.807) is 35.5 Å². The van der Waals surface area contributed by atoms with Gasteiger partial charge in [-0.25, -0.2) is 9.37 Å². The maximum absolute atomic E-state index is 14.2. The minimum Gasteiger partial charge on any atom is -0.494 e. The van der Waals surface area contributed by atoms with Crippen molar-refractivity contribution >= 4 is 23.2 Å². The molecule has 202 valence electrons. The number of nitrogens with two attached hydrogens (primary N) is 1. The van der Waals surface area contributed by atoms with Crippen LogP contribution < -0.4 is 10.5 Å². The van der Waals surface area contributed by atoms with Crippen LogP contribution in [0.1, 0.15) is 48.7 Å². The minimum atomic E-state index is -1.06. The van der Waals surface area contributed by atoms with E-state index in [4.69, 9.17) is 15.5 Å². The maximum Gasteiger partial charge on any atom is 0.251 e. The van der Waals surface area contributed by atoms with Crippen molar-refractivity contribution in [3.8, 4) is 28.1 Å². The monoisotopic (exact) mass is 532 g/mol. The molecule has 0 radical (unpaired) electrons. The molecule has 1 atom stereocenters. The molecule has 0 unspecified atom stereocenters. The van der Waals surface area contributed by atoms with E-state index in [2.05, 4.69) is 10.1 Å². The van der Waals surface area contributed by atoms with Crippen LogP contribution in [0.15, 0.2) is 42.7 Å². The third-order valence-electron chi connectivity index (χ3n) is 7.14. The number of ketones is 1. The number of hydrogen-bond acceptors (Lipinski definition) is 8. The Balaban J connectivity index is 1.50. The van der Waals surface area contributed by atoms with Gasteiger partial charge in [0.2, 0.25) is 0 Å². The number of halogens is 1. The van der Waals surface area contributed by atoms with Crippen LogP contribution in [0.3, 0.4) is 0 Å². The predicted octanol–water partition coefficient (Wildman–Crippen LogP) is 3.48. The SMILES string of the molecule is COc1ccc(-c2ccc(-c3cnn4c(N)c(C(C)=O)c(C5CCN(C(=O)[C@@H](C)O)CC5)nc34)cn2)cc1F. The molecule has 1 aliphatic rings. The molecule has 3 N–H and O–H groups in total. The molecule has 1 fully saturated rings. The number of methoxy groups -OCH3 is 1. The lowest BCUT2D eigenvalue weighted by atomic mass is 9.89. The van der Waals surface area contributed by atoms with Crippen molar-refractivity contribution in [2.24, 2.45) is 0 Å². The molecule has 39 heavy (non-hydrogen) atoms. The van der Waals surface area contributed by atoms with Gasteiger partial charge in [-0.1, -0.05) is 6.07 Å². The number of pyridine rings is 1. The molecule has 0 aliphatic carbocycles. The van der Waals surface area contributed by atoms with E-state index in [0.717, 1.165) is 5.56 Å². The third kappa shape index (κ3) is 4.81. The highest BCUT2D eigenvalue weighted by Gasteiger charge is 2.31. The Kier molecular flexibility index (Phi) is 7.00. The Morgan fingerprint density at radius 3 is 2.46 bits per heavy atom. The number of nitrogens with zero attached hydrogens (tertiary/aromatic N) is 5. The van der Waals surface area contributed by atoms with Gasteiger partial charge in [-0.2, -0.15) is 9.61 Å². The first-order valence-corrected chi connectivity index (χ1v) is 12.6. The molecule has 4 heterocycles. The average molecular weight is 533 g/mol. The number of piperidine rings is 1. The van der Waals surface area contributed by atoms with Crippen molar-refractivity contribution in [3.05, 3.63) is 59.8 Å². The minimum absolute atomic E-state index is 0.0949. The number of carbonyl (C=O) groups excluding carboxylic acids is 2. The van der Waals surface area contributed by atoms with Gasteiger partial charge in [-0.05, 0) is 51.0 Å². The van der Waals surface area contributed by atoms with Crippen molar-refractivity contribution in [2.75, 3.05) is 25.9 Å². The van der Waals surface area contributed by atoms with Crippen molar-refractivity contribution in [3.63, 3.8) is 0 Å². The lowest BCUT2D eigenvalue weighted by molar-refractivity contribution is -0.140. The number of aromatic nitrogens is 4. The Morgan fingerprint density at radius 1 is 1.15 bits per heavy atom. The summed E-state index contributed by atoms with van der Waals surface area (Å²) in [6.07, 6.45) is 3.39. The van der Waals surface area contributed by atoms with Crippen molar-refractivity contribution in [1.29, 1.82) is 0 Å². The number of nitrogen functional groups attached to an aromatic ring is 1. The van der Waals surface area contributed by atoms with Gasteiger partial charge < -0.3 is 20.5 Å². The van der Waals surface area contributed by atoms with Crippen LogP contribution in [-0.4, -0.2) is 67.6 Å². The van der Waals surface area contributed by atoms with E-state index in [1.165, 1.54) is 31.5 Å². The Labute approximate surface area is 224 Å². The quantitative estimate of drug-likeness (QED) is 0.360. The average Bonchev–Trinajstić information content (AvgIpc) is 3.37. The first-order chi connectivity index (χ1) is 18.7. The van der Waals surface area contributed by atoms with Crippen LogP contribution in [0.5, 0.6) is 5.75 Å². The summed E-state index contributed by atoms with van der Waals surface area (Å²) in [6.45, 7) is 3.80. The van der Waals surface area contributed by atoms with E-state index < -0.39 is 11.9 Å². The summed E-state index contributed by atoms with van der Waals surface area (Å²) >= 11 is 0. The molecule has 0 saturated carbocycles. The summed E-state index contributed by atoms with van der Waals surface area (Å²) in [7, 11) is 1.41. The number of fused-ring (bicyclic) bond motifs is 1. The molecule has 1 aliphatic heterocycles. The molecule has 0 spiro atoms. The Morgan fingerprint density at radius 2 is 1.87 bits per heavy atom. The molecule has 0 bridgehead atoms. The summed E-state index contributed by atoms with van der Waals surface area (Å²) in [5, 5.41) is 14.1. The summed E-state index contributed by atoms with van der Waals surface area (Å²) in [6, 6.07) is 8.28. The van der Waals surface area contributed by atoms with Crippen LogP contribution >= 0.6 is 0 Å². The highest BCUT2D eigenvalue weighted by molar-refractivity contribution is 6.00. The molecule has 1 aromatic carbocycles. The number of aliphatic hydroxyl groups is 1. The Bertz CT molecular complexity index is 1560. The van der Waals surface area contributed by atoms with E-state index in [0.29, 0.717) is 59.7 Å². The smallest absolute Gasteiger partial charge is 0.251 e. The third-order valence-corrected chi connectivity index (χ3v) is 7.14. The Hall–Kier alpha value is -4.38. The molecule has 11 heteroatoms. The van der Waals surface area contributed by atoms with Crippen molar-refractivity contribution in [1.82, 2.24) is 24.5 Å². The molecule has 5 rings (SSSR count). The number of Topliss-reactive ketones (excluding diaryl/α,β-unsaturated/α-hetero) is 1. The molecular formula is C28H29FN6O4. The van der Waals surface area contributed by atoms with Crippen molar-refractivity contribution in [2.45, 2.75) is 38.7 Å². The molecular weight excluding hydrogens is 503 g/mol.